The van der Waals surface area contributed by atoms with Crippen LogP contribution in [0.25, 0.3) is 11.0 Å². The summed E-state index contributed by atoms with van der Waals surface area (Å²) in [6.07, 6.45) is 1.78. The van der Waals surface area contributed by atoms with Crippen molar-refractivity contribution in [1.29, 1.82) is 0 Å². The largest absolute Gasteiger partial charge is 0.508 e. The Bertz CT molecular complexity index is 1040. The number of carbonyl (C=O) groups excluding carboxylic acids is 1. The van der Waals surface area contributed by atoms with E-state index in [-0.39, 0.29) is 23.9 Å². The van der Waals surface area contributed by atoms with E-state index in [0.717, 1.165) is 23.9 Å². The van der Waals surface area contributed by atoms with E-state index in [0.29, 0.717) is 25.6 Å². The molecule has 6 nitrogen and oxygen atoms in total. The molecule has 6 heteroatoms. The maximum Gasteiger partial charge on any atom is 0.329 e. The molecule has 3 aromatic rings. The number of benzene rings is 2. The monoisotopic (exact) mass is 379 g/mol. The fourth-order valence-corrected chi connectivity index (χ4v) is 4.17. The number of piperidine rings is 1. The zero-order chi connectivity index (χ0) is 19.7. The van der Waals surface area contributed by atoms with E-state index in [2.05, 4.69) is 0 Å². The van der Waals surface area contributed by atoms with E-state index in [1.54, 1.807) is 21.3 Å². The molecule has 0 aliphatic carbocycles. The van der Waals surface area contributed by atoms with E-state index in [1.807, 2.05) is 48.2 Å². The summed E-state index contributed by atoms with van der Waals surface area (Å²) in [6.45, 7) is 3.97. The number of rotatable bonds is 4. The van der Waals surface area contributed by atoms with Crippen LogP contribution < -0.4 is 5.69 Å². The van der Waals surface area contributed by atoms with Crippen molar-refractivity contribution in [2.45, 2.75) is 38.8 Å². The van der Waals surface area contributed by atoms with E-state index in [9.17, 15) is 14.7 Å². The minimum atomic E-state index is -0.129. The number of aromatic nitrogens is 2. The molecule has 1 saturated heterocycles. The number of phenols is 1. The second-order valence-electron chi connectivity index (χ2n) is 7.35. The molecule has 2 aromatic carbocycles. The van der Waals surface area contributed by atoms with Gasteiger partial charge < -0.3 is 10.0 Å². The summed E-state index contributed by atoms with van der Waals surface area (Å²) in [7, 11) is 0. The number of imidazole rings is 1. The second-order valence-corrected chi connectivity index (χ2v) is 7.35. The van der Waals surface area contributed by atoms with Crippen molar-refractivity contribution in [1.82, 2.24) is 14.0 Å². The third-order valence-corrected chi connectivity index (χ3v) is 5.75. The fraction of sp³-hybridized carbons (Fsp3) is 0.364. The van der Waals surface area contributed by atoms with Crippen LogP contribution >= 0.6 is 0 Å². The maximum absolute atomic E-state index is 12.9. The molecule has 1 amide bonds. The molecule has 1 aromatic heterocycles. The summed E-state index contributed by atoms with van der Waals surface area (Å²) >= 11 is 0. The quantitative estimate of drug-likeness (QED) is 0.758. The van der Waals surface area contributed by atoms with Crippen LogP contribution in [-0.2, 0) is 17.9 Å². The van der Waals surface area contributed by atoms with Gasteiger partial charge in [-0.3, -0.25) is 13.9 Å². The molecule has 0 unspecified atom stereocenters. The Kier molecular flexibility index (Phi) is 4.94. The van der Waals surface area contributed by atoms with Gasteiger partial charge in [0.15, 0.2) is 0 Å². The number of aryl methyl sites for hydroxylation is 1. The zero-order valence-corrected chi connectivity index (χ0v) is 16.0. The molecule has 0 saturated carbocycles. The molecule has 0 spiro atoms. The number of hydrogen-bond acceptors (Lipinski definition) is 3. The Balaban J connectivity index is 1.47. The molecule has 28 heavy (non-hydrogen) atoms. The number of nitrogens with zero attached hydrogens (tertiary/aromatic N) is 3. The molecular formula is C22H25N3O3. The van der Waals surface area contributed by atoms with Gasteiger partial charge in [0, 0.05) is 19.6 Å². The molecule has 1 aliphatic rings. The van der Waals surface area contributed by atoms with Gasteiger partial charge in [-0.05, 0) is 55.5 Å². The number of likely N-dealkylation sites (tertiary alicyclic amines) is 1. The van der Waals surface area contributed by atoms with Crippen LogP contribution in [0, 0.1) is 0 Å². The highest BCUT2D eigenvalue weighted by atomic mass is 16.3. The summed E-state index contributed by atoms with van der Waals surface area (Å²) < 4.78 is 3.30. The third kappa shape index (κ3) is 3.30. The molecule has 0 bridgehead atoms. The first-order valence-electron chi connectivity index (χ1n) is 9.83. The van der Waals surface area contributed by atoms with Crippen molar-refractivity contribution < 1.29 is 9.90 Å². The van der Waals surface area contributed by atoms with Crippen molar-refractivity contribution >= 4 is 16.9 Å². The second kappa shape index (κ2) is 7.54. The van der Waals surface area contributed by atoms with E-state index in [4.69, 9.17) is 0 Å². The molecular weight excluding hydrogens is 354 g/mol. The summed E-state index contributed by atoms with van der Waals surface area (Å²) in [5.74, 6) is 0.660. The normalized spacial score (nSPS) is 15.2. The van der Waals surface area contributed by atoms with Crippen molar-refractivity contribution in [3.05, 3.63) is 64.6 Å². The van der Waals surface area contributed by atoms with Crippen LogP contribution in [0.2, 0.25) is 0 Å². The summed E-state index contributed by atoms with van der Waals surface area (Å²) in [5, 5.41) is 9.44. The van der Waals surface area contributed by atoms with Crippen LogP contribution in [0.3, 0.4) is 0 Å². The Morgan fingerprint density at radius 3 is 2.21 bits per heavy atom. The van der Waals surface area contributed by atoms with Crippen LogP contribution in [0.5, 0.6) is 5.75 Å². The van der Waals surface area contributed by atoms with Crippen molar-refractivity contribution in [3.8, 4) is 5.75 Å². The first kappa shape index (κ1) is 18.3. The minimum Gasteiger partial charge on any atom is -0.508 e. The lowest BCUT2D eigenvalue weighted by atomic mass is 9.89. The number of para-hydroxylation sites is 2. The summed E-state index contributed by atoms with van der Waals surface area (Å²) in [4.78, 5) is 27.5. The topological polar surface area (TPSA) is 67.5 Å². The van der Waals surface area contributed by atoms with Crippen LogP contribution in [0.15, 0.2) is 53.3 Å². The zero-order valence-electron chi connectivity index (χ0n) is 16.0. The average Bonchev–Trinajstić information content (AvgIpc) is 2.99. The first-order chi connectivity index (χ1) is 13.6. The van der Waals surface area contributed by atoms with Crippen LogP contribution in [0.1, 0.15) is 31.2 Å². The molecule has 4 rings (SSSR count). The van der Waals surface area contributed by atoms with E-state index < -0.39 is 0 Å². The van der Waals surface area contributed by atoms with Gasteiger partial charge in [0.25, 0.3) is 0 Å². The van der Waals surface area contributed by atoms with Gasteiger partial charge in [-0.2, -0.15) is 0 Å². The highest BCUT2D eigenvalue weighted by molar-refractivity contribution is 5.81. The number of aromatic hydroxyl groups is 1. The maximum atomic E-state index is 12.9. The van der Waals surface area contributed by atoms with Gasteiger partial charge in [0.05, 0.1) is 11.0 Å². The standard InChI is InChI=1S/C22H25N3O3/c1-2-24-19-5-3-4-6-20(19)25(22(24)28)15-21(27)23-13-11-17(12-14-23)16-7-9-18(26)10-8-16/h3-10,17,26H,2,11-15H2,1H3. The lowest BCUT2D eigenvalue weighted by Gasteiger charge is -2.32. The Labute approximate surface area is 163 Å². The van der Waals surface area contributed by atoms with Gasteiger partial charge >= 0.3 is 5.69 Å². The number of fused-ring (bicyclic) bond motifs is 1. The summed E-state index contributed by atoms with van der Waals surface area (Å²) in [5.41, 5.74) is 2.75. The Hall–Kier alpha value is -3.02. The highest BCUT2D eigenvalue weighted by Gasteiger charge is 2.25. The van der Waals surface area contributed by atoms with Gasteiger partial charge in [-0.15, -0.1) is 0 Å². The smallest absolute Gasteiger partial charge is 0.329 e. The predicted molar refractivity (Wildman–Crippen MR) is 109 cm³/mol. The van der Waals surface area contributed by atoms with Crippen LogP contribution in [-0.4, -0.2) is 38.1 Å². The molecule has 2 heterocycles. The Morgan fingerprint density at radius 1 is 1.00 bits per heavy atom. The number of carbonyl (C=O) groups is 1. The lowest BCUT2D eigenvalue weighted by Crippen LogP contribution is -2.41. The van der Waals surface area contributed by atoms with Crippen LogP contribution in [0.4, 0.5) is 0 Å². The molecule has 1 fully saturated rings. The fourth-order valence-electron chi connectivity index (χ4n) is 4.17. The molecule has 0 radical (unpaired) electrons. The van der Waals surface area contributed by atoms with Crippen molar-refractivity contribution in [3.63, 3.8) is 0 Å². The predicted octanol–water partition coefficient (Wildman–Crippen LogP) is 2.93. The van der Waals surface area contributed by atoms with Crippen molar-refractivity contribution in [2.24, 2.45) is 0 Å². The lowest BCUT2D eigenvalue weighted by molar-refractivity contribution is -0.132. The summed E-state index contributed by atoms with van der Waals surface area (Å²) in [6, 6.07) is 15.0. The van der Waals surface area contributed by atoms with Gasteiger partial charge in [0.1, 0.15) is 12.3 Å². The third-order valence-electron chi connectivity index (χ3n) is 5.75. The minimum absolute atomic E-state index is 0.00902. The molecule has 0 atom stereocenters. The Morgan fingerprint density at radius 2 is 1.61 bits per heavy atom. The van der Waals surface area contributed by atoms with Gasteiger partial charge in [-0.1, -0.05) is 24.3 Å². The number of hydrogen-bond donors (Lipinski definition) is 1. The van der Waals surface area contributed by atoms with E-state index >= 15 is 0 Å². The number of amides is 1. The first-order valence-corrected chi connectivity index (χ1v) is 9.83. The molecule has 146 valence electrons. The number of phenolic OH excluding ortho intramolecular Hbond substituents is 1. The molecule has 1 aliphatic heterocycles. The average molecular weight is 379 g/mol. The van der Waals surface area contributed by atoms with E-state index in [1.165, 1.54) is 5.56 Å². The SMILES string of the molecule is CCn1c(=O)n(CC(=O)N2CCC(c3ccc(O)cc3)CC2)c2ccccc21. The van der Waals surface area contributed by atoms with Crippen molar-refractivity contribution in [2.75, 3.05) is 13.1 Å². The van der Waals surface area contributed by atoms with Gasteiger partial charge in [0.2, 0.25) is 5.91 Å². The molecule has 1 N–H and O–H groups in total. The van der Waals surface area contributed by atoms with Gasteiger partial charge in [-0.25, -0.2) is 4.79 Å². The highest BCUT2D eigenvalue weighted by Crippen LogP contribution is 2.29.